The van der Waals surface area contributed by atoms with E-state index in [0.29, 0.717) is 22.9 Å². The molecule has 1 N–H and O–H groups in total. The van der Waals surface area contributed by atoms with Crippen LogP contribution in [0.2, 0.25) is 10.0 Å². The van der Waals surface area contributed by atoms with E-state index in [2.05, 4.69) is 15.5 Å². The quantitative estimate of drug-likeness (QED) is 0.358. The third-order valence-corrected chi connectivity index (χ3v) is 6.61. The number of nitrogens with zero attached hydrogens (tertiary/aromatic N) is 4. The van der Waals surface area contributed by atoms with Crippen LogP contribution in [0.3, 0.4) is 0 Å². The number of hydrogen-bond donors (Lipinski definition) is 1. The standard InChI is InChI=1S/C23H24Cl2F3N5O2/c1-13-10-16(11-14(2)18(13)24)35-12-32-9-6-17(30-32)22(34)29-7-3-8-33-20(15-4-5-15)19(25)21(31-33)23(26,27)28/h6,9-11,15H,3-5,7-8,12H2,1-2H3,(H,29,34). The van der Waals surface area contributed by atoms with Crippen molar-refractivity contribution in [2.75, 3.05) is 6.54 Å². The van der Waals surface area contributed by atoms with Gasteiger partial charge in [0.05, 0.1) is 10.7 Å². The van der Waals surface area contributed by atoms with E-state index in [1.807, 2.05) is 26.0 Å². The molecule has 0 saturated heterocycles. The summed E-state index contributed by atoms with van der Waals surface area (Å²) in [5.74, 6) is 0.260. The molecule has 0 spiro atoms. The average Bonchev–Trinajstić information content (AvgIpc) is 3.40. The SMILES string of the molecule is Cc1cc(OCn2ccc(C(=O)NCCCn3nc(C(F)(F)F)c(Cl)c3C3CC3)n2)cc(C)c1Cl. The summed E-state index contributed by atoms with van der Waals surface area (Å²) in [5, 5.41) is 11.0. The minimum absolute atomic E-state index is 0.00702. The van der Waals surface area contributed by atoms with Gasteiger partial charge in [0.2, 0.25) is 0 Å². The monoisotopic (exact) mass is 529 g/mol. The van der Waals surface area contributed by atoms with Gasteiger partial charge in [-0.25, -0.2) is 4.68 Å². The Balaban J connectivity index is 1.28. The molecule has 1 fully saturated rings. The van der Waals surface area contributed by atoms with Gasteiger partial charge in [-0.15, -0.1) is 0 Å². The number of ether oxygens (including phenoxy) is 1. The zero-order valence-corrected chi connectivity index (χ0v) is 20.6. The molecule has 7 nitrogen and oxygen atoms in total. The Morgan fingerprint density at radius 2 is 1.86 bits per heavy atom. The Hall–Kier alpha value is -2.72. The zero-order valence-electron chi connectivity index (χ0n) is 19.1. The minimum atomic E-state index is -4.60. The molecule has 0 bridgehead atoms. The van der Waals surface area contributed by atoms with Gasteiger partial charge in [-0.05, 0) is 62.4 Å². The first-order chi connectivity index (χ1) is 16.5. The second-order valence-electron chi connectivity index (χ2n) is 8.54. The lowest BCUT2D eigenvalue weighted by atomic mass is 10.1. The first-order valence-corrected chi connectivity index (χ1v) is 11.8. The van der Waals surface area contributed by atoms with Crippen molar-refractivity contribution in [2.45, 2.75) is 58.5 Å². The van der Waals surface area contributed by atoms with Crippen molar-refractivity contribution < 1.29 is 22.7 Å². The van der Waals surface area contributed by atoms with Gasteiger partial charge < -0.3 is 10.1 Å². The lowest BCUT2D eigenvalue weighted by molar-refractivity contribution is -0.141. The number of halogens is 5. The van der Waals surface area contributed by atoms with Gasteiger partial charge in [0, 0.05) is 30.2 Å². The van der Waals surface area contributed by atoms with E-state index in [1.54, 1.807) is 12.3 Å². The fraction of sp³-hybridized carbons (Fsp3) is 0.435. The first kappa shape index (κ1) is 25.4. The number of alkyl halides is 3. The number of amides is 1. The lowest BCUT2D eigenvalue weighted by Crippen LogP contribution is -2.26. The summed E-state index contributed by atoms with van der Waals surface area (Å²) in [7, 11) is 0. The Labute approximate surface area is 210 Å². The topological polar surface area (TPSA) is 74.0 Å². The Morgan fingerprint density at radius 3 is 2.49 bits per heavy atom. The maximum Gasteiger partial charge on any atom is 0.436 e. The minimum Gasteiger partial charge on any atom is -0.471 e. The molecule has 0 atom stereocenters. The molecule has 0 unspecified atom stereocenters. The number of aryl methyl sites for hydroxylation is 3. The van der Waals surface area contributed by atoms with Crippen molar-refractivity contribution >= 4 is 29.1 Å². The van der Waals surface area contributed by atoms with Crippen LogP contribution >= 0.6 is 23.2 Å². The molecule has 0 radical (unpaired) electrons. The molecule has 1 aromatic carbocycles. The summed E-state index contributed by atoms with van der Waals surface area (Å²) in [6.07, 6.45) is -1.00. The van der Waals surface area contributed by atoms with Crippen molar-refractivity contribution in [2.24, 2.45) is 0 Å². The van der Waals surface area contributed by atoms with Crippen LogP contribution in [0.1, 0.15) is 58.2 Å². The third kappa shape index (κ3) is 5.92. The molecule has 1 aliphatic carbocycles. The zero-order chi connectivity index (χ0) is 25.3. The van der Waals surface area contributed by atoms with Crippen LogP contribution in [0.15, 0.2) is 24.4 Å². The van der Waals surface area contributed by atoms with Crippen LogP contribution in [-0.4, -0.2) is 32.0 Å². The van der Waals surface area contributed by atoms with Crippen molar-refractivity contribution in [1.29, 1.82) is 0 Å². The molecular formula is C23H24Cl2F3N5O2. The fourth-order valence-corrected chi connectivity index (χ4v) is 4.26. The van der Waals surface area contributed by atoms with E-state index in [1.165, 1.54) is 9.36 Å². The number of benzene rings is 1. The van der Waals surface area contributed by atoms with Crippen molar-refractivity contribution in [3.8, 4) is 5.75 Å². The highest BCUT2D eigenvalue weighted by Crippen LogP contribution is 2.46. The second-order valence-corrected chi connectivity index (χ2v) is 9.29. The third-order valence-electron chi connectivity index (χ3n) is 5.64. The highest BCUT2D eigenvalue weighted by molar-refractivity contribution is 6.32. The number of carbonyl (C=O) groups is 1. The summed E-state index contributed by atoms with van der Waals surface area (Å²) in [6.45, 7) is 4.35. The predicted molar refractivity (Wildman–Crippen MR) is 125 cm³/mol. The van der Waals surface area contributed by atoms with Crippen LogP contribution in [0.4, 0.5) is 13.2 Å². The van der Waals surface area contributed by atoms with Crippen molar-refractivity contribution in [3.63, 3.8) is 0 Å². The van der Waals surface area contributed by atoms with Crippen LogP contribution < -0.4 is 10.1 Å². The summed E-state index contributed by atoms with van der Waals surface area (Å²) < 4.78 is 48.1. The molecule has 35 heavy (non-hydrogen) atoms. The van der Waals surface area contributed by atoms with E-state index in [4.69, 9.17) is 27.9 Å². The summed E-state index contributed by atoms with van der Waals surface area (Å²) in [4.78, 5) is 12.4. The lowest BCUT2D eigenvalue weighted by Gasteiger charge is -2.10. The van der Waals surface area contributed by atoms with E-state index in [9.17, 15) is 18.0 Å². The largest absolute Gasteiger partial charge is 0.471 e. The summed E-state index contributed by atoms with van der Waals surface area (Å²) >= 11 is 12.2. The van der Waals surface area contributed by atoms with E-state index >= 15 is 0 Å². The van der Waals surface area contributed by atoms with Crippen LogP contribution in [-0.2, 0) is 19.5 Å². The number of hydrogen-bond acceptors (Lipinski definition) is 4. The highest BCUT2D eigenvalue weighted by Gasteiger charge is 2.41. The molecule has 3 aromatic rings. The molecule has 1 aliphatic rings. The second kappa shape index (κ2) is 10.1. The van der Waals surface area contributed by atoms with E-state index in [-0.39, 0.29) is 42.4 Å². The van der Waals surface area contributed by atoms with Gasteiger partial charge in [-0.1, -0.05) is 23.2 Å². The predicted octanol–water partition coefficient (Wildman–Crippen LogP) is 5.76. The molecule has 1 saturated carbocycles. The summed E-state index contributed by atoms with van der Waals surface area (Å²) in [5.41, 5.74) is 1.38. The van der Waals surface area contributed by atoms with Gasteiger partial charge in [-0.3, -0.25) is 9.48 Å². The average molecular weight is 530 g/mol. The Kier molecular flexibility index (Phi) is 7.32. The van der Waals surface area contributed by atoms with Gasteiger partial charge in [-0.2, -0.15) is 23.4 Å². The highest BCUT2D eigenvalue weighted by atomic mass is 35.5. The Morgan fingerprint density at radius 1 is 1.17 bits per heavy atom. The van der Waals surface area contributed by atoms with Crippen LogP contribution in [0.5, 0.6) is 5.75 Å². The Bertz CT molecular complexity index is 1210. The van der Waals surface area contributed by atoms with Crippen LogP contribution in [0.25, 0.3) is 0 Å². The summed E-state index contributed by atoms with van der Waals surface area (Å²) in [6, 6.07) is 5.21. The normalized spacial score (nSPS) is 13.8. The van der Waals surface area contributed by atoms with Gasteiger partial charge in [0.15, 0.2) is 12.4 Å². The number of aromatic nitrogens is 4. The molecule has 1 amide bonds. The van der Waals surface area contributed by atoms with Crippen LogP contribution in [0, 0.1) is 13.8 Å². The molecular weight excluding hydrogens is 506 g/mol. The number of carbonyl (C=O) groups excluding carboxylic acids is 1. The molecule has 12 heteroatoms. The molecule has 0 aliphatic heterocycles. The smallest absolute Gasteiger partial charge is 0.436 e. The molecule has 188 valence electrons. The van der Waals surface area contributed by atoms with Crippen molar-refractivity contribution in [3.05, 3.63) is 62.6 Å². The van der Waals surface area contributed by atoms with Gasteiger partial charge >= 0.3 is 6.18 Å². The number of nitrogens with one attached hydrogen (secondary N) is 1. The molecule has 2 heterocycles. The van der Waals surface area contributed by atoms with E-state index in [0.717, 1.165) is 24.0 Å². The van der Waals surface area contributed by atoms with E-state index < -0.39 is 11.9 Å². The van der Waals surface area contributed by atoms with Gasteiger partial charge in [0.1, 0.15) is 11.4 Å². The molecule has 4 rings (SSSR count). The van der Waals surface area contributed by atoms with Crippen molar-refractivity contribution in [1.82, 2.24) is 24.9 Å². The number of rotatable bonds is 9. The maximum atomic E-state index is 13.2. The molecule has 2 aromatic heterocycles. The maximum absolute atomic E-state index is 13.2. The fourth-order valence-electron chi connectivity index (χ4n) is 3.76. The first-order valence-electron chi connectivity index (χ1n) is 11.1. The van der Waals surface area contributed by atoms with Gasteiger partial charge in [0.25, 0.3) is 5.91 Å².